The second-order valence-electron chi connectivity index (χ2n) is 6.29. The van der Waals surface area contributed by atoms with Crippen LogP contribution >= 0.6 is 0 Å². The van der Waals surface area contributed by atoms with Crippen LogP contribution in [0.3, 0.4) is 0 Å². The highest BCUT2D eigenvalue weighted by Gasteiger charge is 2.23. The molecule has 1 fully saturated rings. The Balaban J connectivity index is 1.82. The summed E-state index contributed by atoms with van der Waals surface area (Å²) in [5.74, 6) is 1.49. The molecule has 0 aromatic heterocycles. The first-order valence-electron chi connectivity index (χ1n) is 8.31. The molecule has 1 aliphatic rings. The summed E-state index contributed by atoms with van der Waals surface area (Å²) in [6, 6.07) is 7.59. The standard InChI is InChI=1S/C18H28N2O2/c1-13(15-7-5-4-6-8-15)19-14(2)18(21)20-16-9-11-17(22-3)12-10-16/h9-15,19H,4-8H2,1-3H3,(H,20,21)/t13-,14-/m0/s1. The van der Waals surface area contributed by atoms with Gasteiger partial charge in [-0.25, -0.2) is 0 Å². The Morgan fingerprint density at radius 2 is 1.77 bits per heavy atom. The minimum atomic E-state index is -0.195. The van der Waals surface area contributed by atoms with Crippen LogP contribution in [0.25, 0.3) is 0 Å². The molecule has 2 N–H and O–H groups in total. The summed E-state index contributed by atoms with van der Waals surface area (Å²) >= 11 is 0. The van der Waals surface area contributed by atoms with E-state index in [1.807, 2.05) is 31.2 Å². The molecule has 22 heavy (non-hydrogen) atoms. The van der Waals surface area contributed by atoms with Gasteiger partial charge in [0.1, 0.15) is 5.75 Å². The van der Waals surface area contributed by atoms with Crippen LogP contribution in [0, 0.1) is 5.92 Å². The second-order valence-corrected chi connectivity index (χ2v) is 6.29. The first kappa shape index (κ1) is 16.8. The van der Waals surface area contributed by atoms with Crippen LogP contribution < -0.4 is 15.4 Å². The van der Waals surface area contributed by atoms with Crippen molar-refractivity contribution >= 4 is 11.6 Å². The SMILES string of the molecule is COc1ccc(NC(=O)[C@H](C)N[C@@H](C)C2CCCCC2)cc1. The van der Waals surface area contributed by atoms with E-state index in [2.05, 4.69) is 17.6 Å². The topological polar surface area (TPSA) is 50.4 Å². The Kier molecular flexibility index (Phi) is 6.25. The Bertz CT molecular complexity index is 466. The third kappa shape index (κ3) is 4.73. The van der Waals surface area contributed by atoms with E-state index >= 15 is 0 Å². The molecular weight excluding hydrogens is 276 g/mol. The Morgan fingerprint density at radius 3 is 2.36 bits per heavy atom. The molecule has 0 radical (unpaired) electrons. The minimum Gasteiger partial charge on any atom is -0.497 e. The molecule has 1 saturated carbocycles. The average Bonchev–Trinajstić information content (AvgIpc) is 2.56. The lowest BCUT2D eigenvalue weighted by Crippen LogP contribution is -2.46. The van der Waals surface area contributed by atoms with Crippen molar-refractivity contribution in [2.24, 2.45) is 5.92 Å². The largest absolute Gasteiger partial charge is 0.497 e. The molecule has 0 bridgehead atoms. The number of benzene rings is 1. The normalized spacial score (nSPS) is 18.5. The van der Waals surface area contributed by atoms with E-state index in [1.54, 1.807) is 7.11 Å². The molecule has 1 amide bonds. The highest BCUT2D eigenvalue weighted by molar-refractivity contribution is 5.94. The smallest absolute Gasteiger partial charge is 0.241 e. The van der Waals surface area contributed by atoms with Gasteiger partial charge in [0.25, 0.3) is 0 Å². The summed E-state index contributed by atoms with van der Waals surface area (Å²) < 4.78 is 5.12. The van der Waals surface area contributed by atoms with E-state index in [9.17, 15) is 4.79 Å². The van der Waals surface area contributed by atoms with Crippen molar-refractivity contribution in [3.8, 4) is 5.75 Å². The molecule has 4 nitrogen and oxygen atoms in total. The maximum atomic E-state index is 12.3. The lowest BCUT2D eigenvalue weighted by molar-refractivity contribution is -0.118. The number of amides is 1. The van der Waals surface area contributed by atoms with E-state index in [0.29, 0.717) is 12.0 Å². The molecule has 4 heteroatoms. The van der Waals surface area contributed by atoms with Crippen molar-refractivity contribution in [2.45, 2.75) is 58.0 Å². The number of nitrogens with one attached hydrogen (secondary N) is 2. The summed E-state index contributed by atoms with van der Waals surface area (Å²) in [6.07, 6.45) is 6.56. The molecule has 2 rings (SSSR count). The molecule has 0 spiro atoms. The van der Waals surface area contributed by atoms with Crippen LogP contribution in [-0.4, -0.2) is 25.1 Å². The van der Waals surface area contributed by atoms with E-state index < -0.39 is 0 Å². The van der Waals surface area contributed by atoms with Gasteiger partial charge >= 0.3 is 0 Å². The Labute approximate surface area is 133 Å². The number of ether oxygens (including phenoxy) is 1. The van der Waals surface area contributed by atoms with Crippen molar-refractivity contribution in [3.05, 3.63) is 24.3 Å². The number of hydrogen-bond acceptors (Lipinski definition) is 3. The van der Waals surface area contributed by atoms with Gasteiger partial charge in [-0.15, -0.1) is 0 Å². The molecule has 1 aromatic carbocycles. The third-order valence-electron chi connectivity index (χ3n) is 4.62. The molecule has 0 aliphatic heterocycles. The van der Waals surface area contributed by atoms with Crippen molar-refractivity contribution < 1.29 is 9.53 Å². The van der Waals surface area contributed by atoms with Gasteiger partial charge in [-0.2, -0.15) is 0 Å². The molecule has 0 unspecified atom stereocenters. The summed E-state index contributed by atoms with van der Waals surface area (Å²) in [5, 5.41) is 6.40. The monoisotopic (exact) mass is 304 g/mol. The van der Waals surface area contributed by atoms with E-state index in [0.717, 1.165) is 11.4 Å². The van der Waals surface area contributed by atoms with Gasteiger partial charge < -0.3 is 15.4 Å². The maximum absolute atomic E-state index is 12.3. The second kappa shape index (κ2) is 8.18. The van der Waals surface area contributed by atoms with Crippen LogP contribution in [0.2, 0.25) is 0 Å². The first-order valence-corrected chi connectivity index (χ1v) is 8.31. The Hall–Kier alpha value is -1.55. The van der Waals surface area contributed by atoms with Gasteiger partial charge in [0.15, 0.2) is 0 Å². The number of anilines is 1. The van der Waals surface area contributed by atoms with Crippen molar-refractivity contribution in [2.75, 3.05) is 12.4 Å². The quantitative estimate of drug-likeness (QED) is 0.844. The lowest BCUT2D eigenvalue weighted by atomic mass is 9.84. The fourth-order valence-corrected chi connectivity index (χ4v) is 3.17. The van der Waals surface area contributed by atoms with Crippen LogP contribution in [0.5, 0.6) is 5.75 Å². The lowest BCUT2D eigenvalue weighted by Gasteiger charge is -2.30. The highest BCUT2D eigenvalue weighted by Crippen LogP contribution is 2.26. The van der Waals surface area contributed by atoms with Gasteiger partial charge in [-0.05, 0) is 56.9 Å². The van der Waals surface area contributed by atoms with Crippen LogP contribution in [0.1, 0.15) is 46.0 Å². The van der Waals surface area contributed by atoms with E-state index in [-0.39, 0.29) is 11.9 Å². The summed E-state index contributed by atoms with van der Waals surface area (Å²) in [4.78, 5) is 12.3. The summed E-state index contributed by atoms with van der Waals surface area (Å²) in [6.45, 7) is 4.13. The maximum Gasteiger partial charge on any atom is 0.241 e. The van der Waals surface area contributed by atoms with Gasteiger partial charge in [-0.1, -0.05) is 19.3 Å². The predicted molar refractivity (Wildman–Crippen MR) is 90.3 cm³/mol. The fourth-order valence-electron chi connectivity index (χ4n) is 3.17. The number of carbonyl (C=O) groups is 1. The number of hydrogen-bond donors (Lipinski definition) is 2. The molecule has 1 aliphatic carbocycles. The van der Waals surface area contributed by atoms with Gasteiger partial charge in [-0.3, -0.25) is 4.79 Å². The van der Waals surface area contributed by atoms with Crippen molar-refractivity contribution in [1.29, 1.82) is 0 Å². The van der Waals surface area contributed by atoms with Crippen LogP contribution in [-0.2, 0) is 4.79 Å². The fraction of sp³-hybridized carbons (Fsp3) is 0.611. The van der Waals surface area contributed by atoms with Gasteiger partial charge in [0, 0.05) is 11.7 Å². The van der Waals surface area contributed by atoms with Crippen molar-refractivity contribution in [1.82, 2.24) is 5.32 Å². The molecule has 2 atom stereocenters. The Morgan fingerprint density at radius 1 is 1.14 bits per heavy atom. The minimum absolute atomic E-state index is 0.00725. The van der Waals surface area contributed by atoms with Gasteiger partial charge in [0.2, 0.25) is 5.91 Å². The third-order valence-corrected chi connectivity index (χ3v) is 4.62. The van der Waals surface area contributed by atoms with Crippen LogP contribution in [0.4, 0.5) is 5.69 Å². The molecule has 122 valence electrons. The van der Waals surface area contributed by atoms with Crippen LogP contribution in [0.15, 0.2) is 24.3 Å². The van der Waals surface area contributed by atoms with Crippen molar-refractivity contribution in [3.63, 3.8) is 0 Å². The highest BCUT2D eigenvalue weighted by atomic mass is 16.5. The zero-order valence-electron chi connectivity index (χ0n) is 13.9. The molecule has 1 aromatic rings. The predicted octanol–water partition coefficient (Wildman–Crippen LogP) is 3.58. The van der Waals surface area contributed by atoms with Gasteiger partial charge in [0.05, 0.1) is 13.2 Å². The van der Waals surface area contributed by atoms with E-state index in [4.69, 9.17) is 4.74 Å². The number of methoxy groups -OCH3 is 1. The zero-order chi connectivity index (χ0) is 15.9. The molecule has 0 heterocycles. The summed E-state index contributed by atoms with van der Waals surface area (Å²) in [5.41, 5.74) is 0.796. The summed E-state index contributed by atoms with van der Waals surface area (Å²) in [7, 11) is 1.63. The average molecular weight is 304 g/mol. The first-order chi connectivity index (χ1) is 10.6. The number of rotatable bonds is 6. The zero-order valence-corrected chi connectivity index (χ0v) is 13.9. The molecule has 0 saturated heterocycles. The van der Waals surface area contributed by atoms with E-state index in [1.165, 1.54) is 32.1 Å². The number of carbonyl (C=O) groups excluding carboxylic acids is 1. The molecular formula is C18H28N2O2.